The molecule has 1 aliphatic heterocycles. The first-order valence-electron chi connectivity index (χ1n) is 12.0. The highest BCUT2D eigenvalue weighted by molar-refractivity contribution is 5.81. The molecule has 6 nitrogen and oxygen atoms in total. The van der Waals surface area contributed by atoms with Crippen LogP contribution in [0, 0.1) is 17.2 Å². The van der Waals surface area contributed by atoms with Gasteiger partial charge in [0.25, 0.3) is 5.91 Å². The maximum atomic E-state index is 12.7. The van der Waals surface area contributed by atoms with Crippen molar-refractivity contribution in [3.05, 3.63) is 65.7 Å². The summed E-state index contributed by atoms with van der Waals surface area (Å²) in [6, 6.07) is 19.8. The molecule has 1 unspecified atom stereocenters. The second-order valence-corrected chi connectivity index (χ2v) is 8.99. The fourth-order valence-electron chi connectivity index (χ4n) is 4.08. The number of rotatable bonds is 11. The second kappa shape index (κ2) is 13.0. The molecule has 2 aromatic rings. The lowest BCUT2D eigenvalue weighted by molar-refractivity contribution is -0.129. The predicted molar refractivity (Wildman–Crippen MR) is 131 cm³/mol. The molecule has 1 heterocycles. The number of benzene rings is 2. The maximum Gasteiger partial charge on any atom is 0.261 e. The Balaban J connectivity index is 1.33. The largest absolute Gasteiger partial charge is 0.479 e. The molecule has 1 fully saturated rings. The van der Waals surface area contributed by atoms with E-state index in [1.807, 2.05) is 19.9 Å². The van der Waals surface area contributed by atoms with E-state index < -0.39 is 6.10 Å². The van der Waals surface area contributed by atoms with Gasteiger partial charge in [-0.2, -0.15) is 5.26 Å². The zero-order valence-corrected chi connectivity index (χ0v) is 19.9. The minimum Gasteiger partial charge on any atom is -0.479 e. The monoisotopic (exact) mass is 448 g/mol. The van der Waals surface area contributed by atoms with E-state index in [1.165, 1.54) is 5.56 Å². The Morgan fingerprint density at radius 1 is 1.00 bits per heavy atom. The normalized spacial score (nSPS) is 15.7. The van der Waals surface area contributed by atoms with E-state index >= 15 is 0 Å². The van der Waals surface area contributed by atoms with Crippen molar-refractivity contribution < 1.29 is 9.53 Å². The molecule has 176 valence electrons. The summed E-state index contributed by atoms with van der Waals surface area (Å²) >= 11 is 0. The number of nitrogens with zero attached hydrogens (tertiary/aromatic N) is 3. The van der Waals surface area contributed by atoms with Crippen LogP contribution in [0.1, 0.15) is 37.8 Å². The minimum absolute atomic E-state index is 0.00364. The Bertz CT molecular complexity index is 902. The van der Waals surface area contributed by atoms with Gasteiger partial charge < -0.3 is 15.0 Å². The average Bonchev–Trinajstić information content (AvgIpc) is 2.84. The van der Waals surface area contributed by atoms with E-state index in [4.69, 9.17) is 4.74 Å². The number of unbranched alkanes of at least 4 members (excludes halogenated alkanes) is 1. The highest BCUT2D eigenvalue weighted by Crippen LogP contribution is 2.21. The van der Waals surface area contributed by atoms with Crippen LogP contribution in [0.4, 0.5) is 0 Å². The fraction of sp³-hybridized carbons (Fsp3) is 0.481. The molecule has 1 amide bonds. The molecule has 1 aliphatic rings. The summed E-state index contributed by atoms with van der Waals surface area (Å²) in [6.07, 6.45) is 1.39. The van der Waals surface area contributed by atoms with Gasteiger partial charge in [-0.25, -0.2) is 0 Å². The molecule has 0 spiro atoms. The van der Waals surface area contributed by atoms with E-state index in [1.54, 1.807) is 18.2 Å². The molecule has 1 atom stereocenters. The molecule has 0 saturated carbocycles. The van der Waals surface area contributed by atoms with Gasteiger partial charge in [0.1, 0.15) is 11.8 Å². The molecule has 2 aromatic carbocycles. The van der Waals surface area contributed by atoms with Crippen molar-refractivity contribution in [2.24, 2.45) is 5.92 Å². The van der Waals surface area contributed by atoms with Crippen molar-refractivity contribution in [2.45, 2.75) is 39.3 Å². The van der Waals surface area contributed by atoms with Gasteiger partial charge in [-0.05, 0) is 43.0 Å². The molecule has 33 heavy (non-hydrogen) atoms. The number of carbonyl (C=O) groups is 1. The number of hydrogen-bond acceptors (Lipinski definition) is 5. The summed E-state index contributed by atoms with van der Waals surface area (Å²) in [6.45, 7) is 11.0. The SMILES string of the molecule is CC(C)C(Oc1ccccc1C#N)C(=O)NCCCCN1CCN(Cc2ccccc2)CC1. The van der Waals surface area contributed by atoms with E-state index in [9.17, 15) is 10.1 Å². The van der Waals surface area contributed by atoms with Gasteiger partial charge in [-0.15, -0.1) is 0 Å². The summed E-state index contributed by atoms with van der Waals surface area (Å²) < 4.78 is 5.92. The zero-order valence-electron chi connectivity index (χ0n) is 19.9. The number of piperazine rings is 1. The number of nitrogens with one attached hydrogen (secondary N) is 1. The van der Waals surface area contributed by atoms with Crippen molar-refractivity contribution in [1.82, 2.24) is 15.1 Å². The van der Waals surface area contributed by atoms with Crippen LogP contribution in [-0.4, -0.2) is 61.1 Å². The van der Waals surface area contributed by atoms with Gasteiger partial charge in [-0.1, -0.05) is 56.3 Å². The van der Waals surface area contributed by atoms with Crippen molar-refractivity contribution >= 4 is 5.91 Å². The van der Waals surface area contributed by atoms with Crippen LogP contribution >= 0.6 is 0 Å². The smallest absolute Gasteiger partial charge is 0.261 e. The molecule has 0 radical (unpaired) electrons. The van der Waals surface area contributed by atoms with E-state index in [-0.39, 0.29) is 11.8 Å². The highest BCUT2D eigenvalue weighted by atomic mass is 16.5. The Kier molecular flexibility index (Phi) is 9.74. The molecular weight excluding hydrogens is 412 g/mol. The number of para-hydroxylation sites is 1. The van der Waals surface area contributed by atoms with Gasteiger partial charge in [0.15, 0.2) is 6.10 Å². The highest BCUT2D eigenvalue weighted by Gasteiger charge is 2.25. The molecule has 1 saturated heterocycles. The number of amides is 1. The fourth-order valence-corrected chi connectivity index (χ4v) is 4.08. The Morgan fingerprint density at radius 3 is 2.36 bits per heavy atom. The molecule has 1 N–H and O–H groups in total. The van der Waals surface area contributed by atoms with Gasteiger partial charge >= 0.3 is 0 Å². The van der Waals surface area contributed by atoms with Crippen LogP contribution in [0.15, 0.2) is 54.6 Å². The Hall–Kier alpha value is -2.88. The van der Waals surface area contributed by atoms with Gasteiger partial charge in [0.05, 0.1) is 5.56 Å². The zero-order chi connectivity index (χ0) is 23.5. The summed E-state index contributed by atoms with van der Waals surface area (Å²) in [5.74, 6) is 0.344. The first-order chi connectivity index (χ1) is 16.1. The minimum atomic E-state index is -0.614. The van der Waals surface area contributed by atoms with Crippen molar-refractivity contribution in [2.75, 3.05) is 39.3 Å². The third kappa shape index (κ3) is 7.88. The number of carbonyl (C=O) groups excluding carboxylic acids is 1. The van der Waals surface area contributed by atoms with Crippen molar-refractivity contribution in [1.29, 1.82) is 5.26 Å². The maximum absolute atomic E-state index is 12.7. The molecule has 6 heteroatoms. The molecule has 0 bridgehead atoms. The summed E-state index contributed by atoms with van der Waals surface area (Å²) in [5, 5.41) is 12.3. The van der Waals surface area contributed by atoms with Crippen LogP contribution < -0.4 is 10.1 Å². The van der Waals surface area contributed by atoms with E-state index in [0.29, 0.717) is 17.9 Å². The predicted octanol–water partition coefficient (Wildman–Crippen LogP) is 3.68. The van der Waals surface area contributed by atoms with Gasteiger partial charge in [0, 0.05) is 39.3 Å². The first kappa shape index (κ1) is 24.8. The van der Waals surface area contributed by atoms with Crippen LogP contribution in [0.2, 0.25) is 0 Å². The second-order valence-electron chi connectivity index (χ2n) is 8.99. The van der Waals surface area contributed by atoms with Crippen LogP contribution in [0.5, 0.6) is 5.75 Å². The Morgan fingerprint density at radius 2 is 1.67 bits per heavy atom. The summed E-state index contributed by atoms with van der Waals surface area (Å²) in [5.41, 5.74) is 1.82. The third-order valence-electron chi connectivity index (χ3n) is 6.04. The quantitative estimate of drug-likeness (QED) is 0.531. The van der Waals surface area contributed by atoms with Crippen molar-refractivity contribution in [3.8, 4) is 11.8 Å². The summed E-state index contributed by atoms with van der Waals surface area (Å²) in [4.78, 5) is 17.7. The topological polar surface area (TPSA) is 68.6 Å². The van der Waals surface area contributed by atoms with Crippen LogP contribution in [0.3, 0.4) is 0 Å². The van der Waals surface area contributed by atoms with Gasteiger partial charge in [-0.3, -0.25) is 9.69 Å². The lowest BCUT2D eigenvalue weighted by Gasteiger charge is -2.34. The average molecular weight is 449 g/mol. The molecular formula is C27H36N4O2. The van der Waals surface area contributed by atoms with E-state index in [2.05, 4.69) is 51.5 Å². The van der Waals surface area contributed by atoms with Gasteiger partial charge in [0.2, 0.25) is 0 Å². The molecule has 0 aromatic heterocycles. The number of nitriles is 1. The number of ether oxygens (including phenoxy) is 1. The summed E-state index contributed by atoms with van der Waals surface area (Å²) in [7, 11) is 0. The van der Waals surface area contributed by atoms with Crippen LogP contribution in [-0.2, 0) is 11.3 Å². The van der Waals surface area contributed by atoms with Crippen molar-refractivity contribution in [3.63, 3.8) is 0 Å². The lowest BCUT2D eigenvalue weighted by atomic mass is 10.1. The molecule has 3 rings (SSSR count). The Labute approximate surface area is 198 Å². The van der Waals surface area contributed by atoms with E-state index in [0.717, 1.165) is 52.1 Å². The third-order valence-corrected chi connectivity index (χ3v) is 6.04. The van der Waals surface area contributed by atoms with Crippen LogP contribution in [0.25, 0.3) is 0 Å². The molecule has 0 aliphatic carbocycles. The first-order valence-corrected chi connectivity index (χ1v) is 12.0. The number of hydrogen-bond donors (Lipinski definition) is 1. The lowest BCUT2D eigenvalue weighted by Crippen LogP contribution is -2.46. The standard InChI is InChI=1S/C27H36N4O2/c1-22(2)26(33-25-13-7-6-12-24(25)20-28)27(32)29-14-8-9-15-30-16-18-31(19-17-30)21-23-10-4-3-5-11-23/h3-7,10-13,22,26H,8-9,14-19,21H2,1-2H3,(H,29,32).